The first-order valence-electron chi connectivity index (χ1n) is 12.1. The molecule has 5 rings (SSSR count). The van der Waals surface area contributed by atoms with Crippen molar-refractivity contribution in [2.24, 2.45) is 0 Å². The molecule has 3 heterocycles. The van der Waals surface area contributed by atoms with Crippen molar-refractivity contribution in [3.05, 3.63) is 59.7 Å². The summed E-state index contributed by atoms with van der Waals surface area (Å²) in [6.07, 6.45) is 1.44. The highest BCUT2D eigenvalue weighted by Crippen LogP contribution is 2.45. The summed E-state index contributed by atoms with van der Waals surface area (Å²) in [6.45, 7) is 5.80. The summed E-state index contributed by atoms with van der Waals surface area (Å²) in [6, 6.07) is 15.2. The van der Waals surface area contributed by atoms with E-state index in [0.717, 1.165) is 29.5 Å². The summed E-state index contributed by atoms with van der Waals surface area (Å²) >= 11 is 0. The third-order valence-corrected chi connectivity index (χ3v) is 6.76. The van der Waals surface area contributed by atoms with Crippen LogP contribution < -0.4 is 4.74 Å². The topological polar surface area (TPSA) is 103 Å². The highest BCUT2D eigenvalue weighted by Gasteiger charge is 2.47. The number of aliphatic hydroxyl groups excluding tert-OH is 1. The number of benzene rings is 2. The van der Waals surface area contributed by atoms with Crippen LogP contribution in [0.2, 0.25) is 0 Å². The maximum absolute atomic E-state index is 12.8. The van der Waals surface area contributed by atoms with Crippen molar-refractivity contribution in [2.75, 3.05) is 13.2 Å². The van der Waals surface area contributed by atoms with Gasteiger partial charge in [-0.1, -0.05) is 30.3 Å². The Morgan fingerprint density at radius 2 is 2.00 bits per heavy atom. The van der Waals surface area contributed by atoms with Crippen molar-refractivity contribution >= 4 is 5.91 Å². The number of hydrogen-bond donors (Lipinski definition) is 1. The number of ether oxygens (including phenoxy) is 2. The quantitative estimate of drug-likeness (QED) is 0.522. The first-order valence-corrected chi connectivity index (χ1v) is 12.1. The largest absolute Gasteiger partial charge is 0.485 e. The van der Waals surface area contributed by atoms with E-state index in [0.29, 0.717) is 44.3 Å². The van der Waals surface area contributed by atoms with Gasteiger partial charge in [-0.25, -0.2) is 4.68 Å². The van der Waals surface area contributed by atoms with Crippen LogP contribution in [0.15, 0.2) is 48.5 Å². The van der Waals surface area contributed by atoms with Gasteiger partial charge in [0.2, 0.25) is 5.91 Å². The highest BCUT2D eigenvalue weighted by atomic mass is 16.5. The number of carbonyl (C=O) groups is 1. The average molecular weight is 478 g/mol. The summed E-state index contributed by atoms with van der Waals surface area (Å²) in [7, 11) is 0. The Morgan fingerprint density at radius 1 is 1.17 bits per heavy atom. The molecule has 2 aromatic carbocycles. The Morgan fingerprint density at radius 3 is 2.80 bits per heavy atom. The van der Waals surface area contributed by atoms with Crippen LogP contribution in [0.5, 0.6) is 5.75 Å². The summed E-state index contributed by atoms with van der Waals surface area (Å²) in [5, 5.41) is 23.5. The fourth-order valence-electron chi connectivity index (χ4n) is 4.84. The molecule has 0 unspecified atom stereocenters. The van der Waals surface area contributed by atoms with Gasteiger partial charge in [-0.15, -0.1) is 5.10 Å². The van der Waals surface area contributed by atoms with Crippen molar-refractivity contribution in [1.29, 1.82) is 0 Å². The van der Waals surface area contributed by atoms with Crippen molar-refractivity contribution in [3.8, 4) is 17.1 Å². The Labute approximate surface area is 204 Å². The lowest BCUT2D eigenvalue weighted by molar-refractivity contribution is -0.147. The van der Waals surface area contributed by atoms with Gasteiger partial charge in [0.15, 0.2) is 5.82 Å². The van der Waals surface area contributed by atoms with Gasteiger partial charge in [0.1, 0.15) is 17.5 Å². The van der Waals surface area contributed by atoms with E-state index in [-0.39, 0.29) is 5.91 Å². The maximum atomic E-state index is 12.8. The highest BCUT2D eigenvalue weighted by molar-refractivity contribution is 5.78. The van der Waals surface area contributed by atoms with E-state index in [1.165, 1.54) is 0 Å². The molecule has 0 saturated carbocycles. The Bertz CT molecular complexity index is 1180. The number of likely N-dealkylation sites (tertiary alicyclic amines) is 1. The van der Waals surface area contributed by atoms with Gasteiger partial charge in [0.05, 0.1) is 25.8 Å². The van der Waals surface area contributed by atoms with Crippen LogP contribution in [-0.4, -0.2) is 61.0 Å². The van der Waals surface area contributed by atoms with Crippen LogP contribution in [0.3, 0.4) is 0 Å². The fourth-order valence-corrected chi connectivity index (χ4v) is 4.84. The van der Waals surface area contributed by atoms with E-state index >= 15 is 0 Å². The van der Waals surface area contributed by atoms with Crippen LogP contribution in [0.25, 0.3) is 11.4 Å². The third-order valence-electron chi connectivity index (χ3n) is 6.76. The average Bonchev–Trinajstić information content (AvgIpc) is 3.32. The Balaban J connectivity index is 1.38. The van der Waals surface area contributed by atoms with Crippen LogP contribution in [0.1, 0.15) is 50.3 Å². The van der Waals surface area contributed by atoms with Crippen molar-refractivity contribution in [1.82, 2.24) is 25.1 Å². The van der Waals surface area contributed by atoms with E-state index in [1.54, 1.807) is 9.58 Å². The number of aromatic nitrogens is 4. The number of piperidine rings is 1. The Kier molecular flexibility index (Phi) is 6.53. The molecule has 1 fully saturated rings. The van der Waals surface area contributed by atoms with Gasteiger partial charge in [-0.05, 0) is 60.9 Å². The molecule has 9 heteroatoms. The zero-order valence-electron chi connectivity index (χ0n) is 20.1. The lowest BCUT2D eigenvalue weighted by atomic mass is 9.84. The van der Waals surface area contributed by atoms with Gasteiger partial charge < -0.3 is 19.5 Å². The molecule has 0 aliphatic carbocycles. The van der Waals surface area contributed by atoms with E-state index in [4.69, 9.17) is 9.47 Å². The second-order valence-electron chi connectivity index (χ2n) is 9.66. The summed E-state index contributed by atoms with van der Waals surface area (Å²) in [5.74, 6) is 1.33. The minimum Gasteiger partial charge on any atom is -0.485 e. The molecule has 1 saturated heterocycles. The first kappa shape index (κ1) is 23.4. The normalized spacial score (nSPS) is 21.5. The van der Waals surface area contributed by atoms with Crippen LogP contribution >= 0.6 is 0 Å². The van der Waals surface area contributed by atoms with E-state index in [2.05, 4.69) is 15.5 Å². The van der Waals surface area contributed by atoms with Gasteiger partial charge in [-0.3, -0.25) is 4.79 Å². The number of fused-ring (bicyclic) bond motifs is 1. The molecule has 0 radical (unpaired) electrons. The second kappa shape index (κ2) is 9.75. The number of carbonyl (C=O) groups excluding carboxylic acids is 1. The van der Waals surface area contributed by atoms with Crippen molar-refractivity contribution in [3.63, 3.8) is 0 Å². The van der Waals surface area contributed by atoms with Crippen LogP contribution in [0, 0.1) is 0 Å². The zero-order chi connectivity index (χ0) is 24.4. The monoisotopic (exact) mass is 477 g/mol. The number of tetrazole rings is 1. The number of nitrogens with zero attached hydrogens (tertiary/aromatic N) is 5. The number of rotatable bonds is 7. The van der Waals surface area contributed by atoms with E-state index in [1.807, 2.05) is 62.4 Å². The molecule has 0 bridgehead atoms. The molecule has 2 atom stereocenters. The smallest absolute Gasteiger partial charge is 0.223 e. The molecule has 9 nitrogen and oxygen atoms in total. The molecule has 1 amide bonds. The lowest BCUT2D eigenvalue weighted by Gasteiger charge is -2.47. The Hall–Kier alpha value is -3.30. The molecule has 1 N–H and O–H groups in total. The number of hydrogen-bond acceptors (Lipinski definition) is 7. The van der Waals surface area contributed by atoms with Crippen LogP contribution in [-0.2, 0) is 22.7 Å². The van der Waals surface area contributed by atoms with Gasteiger partial charge >= 0.3 is 0 Å². The summed E-state index contributed by atoms with van der Waals surface area (Å²) in [4.78, 5) is 14.6. The fraction of sp³-hybridized carbons (Fsp3) is 0.462. The predicted octanol–water partition coefficient (Wildman–Crippen LogP) is 3.14. The SMILES string of the molecule is CC1(C)Oc2ccc(-c3nnnn3CCOCc3ccccc3)cc2[C@H](N2CCCCC2=O)[C@H]1O. The molecule has 35 heavy (non-hydrogen) atoms. The second-order valence-corrected chi connectivity index (χ2v) is 9.66. The molecule has 2 aliphatic rings. The maximum Gasteiger partial charge on any atom is 0.223 e. The standard InChI is InChI=1S/C26H31N5O4/c1-26(2)24(33)23(30-13-7-6-10-22(30)32)20-16-19(11-12-21(20)35-26)25-27-28-29-31(25)14-15-34-17-18-8-4-3-5-9-18/h3-5,8-9,11-12,16,23-24,33H,6-7,10,13-15,17H2,1-2H3/t23-,24+/m0/s1. The number of aliphatic hydroxyl groups is 1. The minimum atomic E-state index is -0.866. The van der Waals surface area contributed by atoms with E-state index in [9.17, 15) is 9.90 Å². The van der Waals surface area contributed by atoms with Gasteiger partial charge in [0, 0.05) is 24.1 Å². The predicted molar refractivity (Wildman–Crippen MR) is 128 cm³/mol. The van der Waals surface area contributed by atoms with Gasteiger partial charge in [-0.2, -0.15) is 0 Å². The minimum absolute atomic E-state index is 0.0646. The van der Waals surface area contributed by atoms with Crippen molar-refractivity contribution in [2.45, 2.75) is 64.0 Å². The summed E-state index contributed by atoms with van der Waals surface area (Å²) in [5.41, 5.74) is 1.86. The molecule has 2 aliphatic heterocycles. The van der Waals surface area contributed by atoms with Crippen LogP contribution in [0.4, 0.5) is 0 Å². The van der Waals surface area contributed by atoms with Gasteiger partial charge in [0.25, 0.3) is 0 Å². The molecule has 184 valence electrons. The number of amides is 1. The molecular formula is C26H31N5O4. The molecule has 3 aromatic rings. The lowest BCUT2D eigenvalue weighted by Crippen LogP contribution is -2.55. The summed E-state index contributed by atoms with van der Waals surface area (Å²) < 4.78 is 13.7. The van der Waals surface area contributed by atoms with Crippen molar-refractivity contribution < 1.29 is 19.4 Å². The zero-order valence-corrected chi connectivity index (χ0v) is 20.1. The first-order chi connectivity index (χ1) is 16.9. The molecule has 1 aromatic heterocycles. The third kappa shape index (κ3) is 4.78. The van der Waals surface area contributed by atoms with E-state index < -0.39 is 17.7 Å². The molecular weight excluding hydrogens is 446 g/mol. The molecule has 0 spiro atoms.